The van der Waals surface area contributed by atoms with E-state index in [1.165, 1.54) is 23.9 Å². The molecule has 2 aromatic rings. The quantitative estimate of drug-likeness (QED) is 0.764. The minimum atomic E-state index is -0.544. The third-order valence-corrected chi connectivity index (χ3v) is 4.71. The first-order valence-corrected chi connectivity index (χ1v) is 8.02. The van der Waals surface area contributed by atoms with E-state index >= 15 is 0 Å². The maximum absolute atomic E-state index is 12.8. The minimum Gasteiger partial charge on any atom is -0.334 e. The molecule has 2 aromatic heterocycles. The summed E-state index contributed by atoms with van der Waals surface area (Å²) in [7, 11) is 1.52. The number of piperidine rings is 1. The van der Waals surface area contributed by atoms with Crippen LogP contribution >= 0.6 is 24.8 Å². The Labute approximate surface area is 162 Å². The summed E-state index contributed by atoms with van der Waals surface area (Å²) in [5, 5.41) is 0.220. The highest BCUT2D eigenvalue weighted by atomic mass is 35.5. The van der Waals surface area contributed by atoms with Gasteiger partial charge in [0.2, 0.25) is 0 Å². The van der Waals surface area contributed by atoms with E-state index in [9.17, 15) is 14.4 Å². The van der Waals surface area contributed by atoms with Crippen molar-refractivity contribution < 1.29 is 4.79 Å². The van der Waals surface area contributed by atoms with E-state index in [2.05, 4.69) is 16.9 Å². The molecule has 1 amide bonds. The third-order valence-electron chi connectivity index (χ3n) is 4.71. The van der Waals surface area contributed by atoms with E-state index in [0.29, 0.717) is 24.6 Å². The van der Waals surface area contributed by atoms with Crippen molar-refractivity contribution in [3.8, 4) is 0 Å². The van der Waals surface area contributed by atoms with Gasteiger partial charge in [-0.25, -0.2) is 9.78 Å². The fourth-order valence-electron chi connectivity index (χ4n) is 3.26. The molecule has 0 aliphatic carbocycles. The molecule has 3 heterocycles. The molecule has 1 fully saturated rings. The van der Waals surface area contributed by atoms with Crippen LogP contribution < -0.4 is 17.0 Å². The van der Waals surface area contributed by atoms with Crippen molar-refractivity contribution in [1.29, 1.82) is 0 Å². The van der Waals surface area contributed by atoms with Crippen molar-refractivity contribution in [2.45, 2.75) is 25.8 Å². The number of nitrogens with two attached hydrogens (primary N) is 1. The highest BCUT2D eigenvalue weighted by Crippen LogP contribution is 2.23. The summed E-state index contributed by atoms with van der Waals surface area (Å²) < 4.78 is 1.25. The van der Waals surface area contributed by atoms with E-state index in [1.54, 1.807) is 4.90 Å². The number of hydrogen-bond donors (Lipinski definition) is 2. The van der Waals surface area contributed by atoms with Crippen LogP contribution in [-0.4, -0.2) is 44.5 Å². The van der Waals surface area contributed by atoms with Crippen LogP contribution in [0.2, 0.25) is 0 Å². The number of carbonyl (C=O) groups excluding carboxylic acids is 1. The van der Waals surface area contributed by atoms with Crippen LogP contribution in [0.5, 0.6) is 0 Å². The summed E-state index contributed by atoms with van der Waals surface area (Å²) >= 11 is 0. The first kappa shape index (κ1) is 22.1. The molecule has 0 spiro atoms. The molecule has 2 unspecified atom stereocenters. The van der Waals surface area contributed by atoms with Gasteiger partial charge < -0.3 is 10.6 Å². The zero-order valence-electron chi connectivity index (χ0n) is 14.6. The van der Waals surface area contributed by atoms with Gasteiger partial charge in [0.1, 0.15) is 5.65 Å². The van der Waals surface area contributed by atoms with Crippen LogP contribution in [-0.2, 0) is 7.05 Å². The molecule has 0 bridgehead atoms. The van der Waals surface area contributed by atoms with Crippen molar-refractivity contribution in [2.24, 2.45) is 18.7 Å². The Morgan fingerprint density at radius 2 is 2.08 bits per heavy atom. The average Bonchev–Trinajstić information content (AvgIpc) is 2.58. The predicted molar refractivity (Wildman–Crippen MR) is 104 cm³/mol. The van der Waals surface area contributed by atoms with Crippen molar-refractivity contribution in [2.75, 3.05) is 13.1 Å². The van der Waals surface area contributed by atoms with Gasteiger partial charge in [0.15, 0.2) is 0 Å². The fourth-order valence-corrected chi connectivity index (χ4v) is 3.26. The Bertz CT molecular complexity index is 911. The van der Waals surface area contributed by atoms with E-state index in [0.717, 1.165) is 12.8 Å². The number of aryl methyl sites for hydroxylation is 1. The van der Waals surface area contributed by atoms with Gasteiger partial charge in [-0.15, -0.1) is 24.8 Å². The number of amides is 1. The van der Waals surface area contributed by atoms with Gasteiger partial charge in [-0.2, -0.15) is 0 Å². The normalized spacial score (nSPS) is 19.6. The van der Waals surface area contributed by atoms with Crippen molar-refractivity contribution in [1.82, 2.24) is 19.4 Å². The number of likely N-dealkylation sites (tertiary alicyclic amines) is 1. The number of carbonyl (C=O) groups is 1. The van der Waals surface area contributed by atoms with E-state index in [4.69, 9.17) is 5.73 Å². The SMILES string of the molecule is CC1CCN(C(=O)c2cnc3c(c2)c(=O)[nH]c(=O)n3C)C(CN)C1.Cl.Cl. The van der Waals surface area contributed by atoms with Crippen LogP contribution in [0.1, 0.15) is 30.1 Å². The standard InChI is InChI=1S/C16H21N5O3.2ClH/c1-9-3-4-21(11(5-9)7-17)15(23)10-6-12-13(18-8-10)20(2)16(24)19-14(12)22;;/h6,8-9,11H,3-5,7,17H2,1-2H3,(H,19,22,24);2*1H. The minimum absolute atomic E-state index is 0. The Morgan fingerprint density at radius 1 is 1.38 bits per heavy atom. The second-order valence-electron chi connectivity index (χ2n) is 6.43. The second kappa shape index (κ2) is 8.66. The van der Waals surface area contributed by atoms with Crippen molar-refractivity contribution in [3.63, 3.8) is 0 Å². The summed E-state index contributed by atoms with van der Waals surface area (Å²) in [5.41, 5.74) is 5.33. The smallest absolute Gasteiger partial charge is 0.329 e. The summed E-state index contributed by atoms with van der Waals surface area (Å²) in [6.45, 7) is 3.21. The molecule has 1 aliphatic heterocycles. The lowest BCUT2D eigenvalue weighted by atomic mass is 9.92. The predicted octanol–water partition coefficient (Wildman–Crippen LogP) is 0.665. The highest BCUT2D eigenvalue weighted by molar-refractivity contribution is 5.97. The molecule has 26 heavy (non-hydrogen) atoms. The lowest BCUT2D eigenvalue weighted by Gasteiger charge is -2.38. The van der Waals surface area contributed by atoms with Crippen molar-refractivity contribution >= 4 is 41.8 Å². The molecule has 2 atom stereocenters. The summed E-state index contributed by atoms with van der Waals surface area (Å²) in [5.74, 6) is 0.356. The number of rotatable bonds is 2. The number of nitrogens with one attached hydrogen (secondary N) is 1. The number of aromatic nitrogens is 3. The molecule has 10 heteroatoms. The topological polar surface area (TPSA) is 114 Å². The lowest BCUT2D eigenvalue weighted by molar-refractivity contribution is 0.0573. The zero-order valence-corrected chi connectivity index (χ0v) is 16.2. The van der Waals surface area contributed by atoms with Crippen molar-refractivity contribution in [3.05, 3.63) is 38.7 Å². The molecule has 144 valence electrons. The average molecular weight is 404 g/mol. The Morgan fingerprint density at radius 3 is 2.73 bits per heavy atom. The molecule has 3 rings (SSSR count). The van der Waals surface area contributed by atoms with Gasteiger partial charge in [-0.1, -0.05) is 6.92 Å². The number of aromatic amines is 1. The number of H-pyrrole nitrogens is 1. The van der Waals surface area contributed by atoms with Crippen LogP contribution in [0, 0.1) is 5.92 Å². The van der Waals surface area contributed by atoms with Gasteiger partial charge in [-0.3, -0.25) is 19.1 Å². The Balaban J connectivity index is 0.00000169. The van der Waals surface area contributed by atoms with Gasteiger partial charge in [0.05, 0.1) is 10.9 Å². The summed E-state index contributed by atoms with van der Waals surface area (Å²) in [6, 6.07) is 1.49. The van der Waals surface area contributed by atoms with Gasteiger partial charge >= 0.3 is 5.69 Å². The first-order chi connectivity index (χ1) is 11.4. The molecule has 1 saturated heterocycles. The highest BCUT2D eigenvalue weighted by Gasteiger charge is 2.30. The molecule has 1 aliphatic rings. The summed E-state index contributed by atoms with van der Waals surface area (Å²) in [6.07, 6.45) is 3.21. The third kappa shape index (κ3) is 3.92. The molecule has 0 aromatic carbocycles. The molecule has 8 nitrogen and oxygen atoms in total. The number of fused-ring (bicyclic) bond motifs is 1. The van der Waals surface area contributed by atoms with Gasteiger partial charge in [-0.05, 0) is 24.8 Å². The van der Waals surface area contributed by atoms with E-state index in [-0.39, 0.29) is 47.8 Å². The molecule has 0 radical (unpaired) electrons. The van der Waals surface area contributed by atoms with E-state index in [1.807, 2.05) is 0 Å². The van der Waals surface area contributed by atoms with Crippen LogP contribution in [0.15, 0.2) is 21.9 Å². The largest absolute Gasteiger partial charge is 0.334 e. The monoisotopic (exact) mass is 403 g/mol. The Hall–Kier alpha value is -1.90. The summed E-state index contributed by atoms with van der Waals surface area (Å²) in [4.78, 5) is 44.6. The Kier molecular flexibility index (Phi) is 7.37. The number of pyridine rings is 1. The number of hydrogen-bond acceptors (Lipinski definition) is 5. The van der Waals surface area contributed by atoms with Gasteiger partial charge in [0.25, 0.3) is 11.5 Å². The maximum Gasteiger partial charge on any atom is 0.329 e. The van der Waals surface area contributed by atoms with E-state index < -0.39 is 11.2 Å². The molecule has 3 N–H and O–H groups in total. The fraction of sp³-hybridized carbons (Fsp3) is 0.500. The van der Waals surface area contributed by atoms with Crippen LogP contribution in [0.3, 0.4) is 0 Å². The van der Waals surface area contributed by atoms with Gasteiger partial charge in [0, 0.05) is 32.4 Å². The zero-order chi connectivity index (χ0) is 17.4. The molecular weight excluding hydrogens is 381 g/mol. The lowest BCUT2D eigenvalue weighted by Crippen LogP contribution is -2.49. The molecular formula is C16H23Cl2N5O3. The second-order valence-corrected chi connectivity index (χ2v) is 6.43. The van der Waals surface area contributed by atoms with Crippen LogP contribution in [0.25, 0.3) is 11.0 Å². The number of halogens is 2. The maximum atomic E-state index is 12.8. The molecule has 0 saturated carbocycles. The number of nitrogens with zero attached hydrogens (tertiary/aromatic N) is 3. The van der Waals surface area contributed by atoms with Crippen LogP contribution in [0.4, 0.5) is 0 Å². The first-order valence-electron chi connectivity index (χ1n) is 8.02.